The van der Waals surface area contributed by atoms with Gasteiger partial charge in [0, 0.05) is 36.9 Å². The minimum absolute atomic E-state index is 0.267. The minimum Gasteiger partial charge on any atom is -0.378 e. The van der Waals surface area contributed by atoms with Crippen LogP contribution < -0.4 is 0 Å². The van der Waals surface area contributed by atoms with Gasteiger partial charge in [0.25, 0.3) is 0 Å². The van der Waals surface area contributed by atoms with Crippen LogP contribution in [0.2, 0.25) is 0 Å². The van der Waals surface area contributed by atoms with Crippen molar-refractivity contribution in [3.63, 3.8) is 0 Å². The smallest absolute Gasteiger partial charge is 0.111 e. The van der Waals surface area contributed by atoms with Gasteiger partial charge in [-0.2, -0.15) is 0 Å². The van der Waals surface area contributed by atoms with Crippen molar-refractivity contribution in [3.8, 4) is 0 Å². The van der Waals surface area contributed by atoms with E-state index in [1.165, 1.54) is 0 Å². The molecule has 0 amide bonds. The van der Waals surface area contributed by atoms with Gasteiger partial charge in [0.2, 0.25) is 0 Å². The predicted octanol–water partition coefficient (Wildman–Crippen LogP) is 3.39. The molecule has 114 valence electrons. The molecule has 1 aliphatic heterocycles. The molecule has 0 aliphatic carbocycles. The summed E-state index contributed by atoms with van der Waals surface area (Å²) in [5.41, 5.74) is 1.83. The topological polar surface area (TPSA) is 36.3 Å². The Morgan fingerprint density at radius 1 is 1.52 bits per heavy atom. The molecule has 1 aromatic heterocycles. The van der Waals surface area contributed by atoms with E-state index in [-0.39, 0.29) is 5.60 Å². The molecule has 4 nitrogen and oxygen atoms in total. The molecular weight excluding hydrogens is 356 g/mol. The first-order valence-electron chi connectivity index (χ1n) is 7.01. The summed E-state index contributed by atoms with van der Waals surface area (Å²) < 4.78 is 14.6. The van der Waals surface area contributed by atoms with Crippen LogP contribution in [0.15, 0.2) is 22.7 Å². The molecule has 0 saturated carbocycles. The molecule has 1 aliphatic rings. The third-order valence-electron chi connectivity index (χ3n) is 4.05. The fourth-order valence-electron chi connectivity index (χ4n) is 2.82. The van der Waals surface area contributed by atoms with Crippen LogP contribution in [0.4, 0.5) is 0 Å². The second kappa shape index (κ2) is 6.24. The van der Waals surface area contributed by atoms with Crippen LogP contribution in [0.25, 0.3) is 11.0 Å². The van der Waals surface area contributed by atoms with Crippen molar-refractivity contribution in [2.45, 2.75) is 25.0 Å². The summed E-state index contributed by atoms with van der Waals surface area (Å²) in [5, 5.41) is 0. The van der Waals surface area contributed by atoms with Crippen molar-refractivity contribution < 1.29 is 9.47 Å². The number of nitrogens with zero attached hydrogens (tertiary/aromatic N) is 2. The highest BCUT2D eigenvalue weighted by Gasteiger charge is 2.36. The Bertz CT molecular complexity index is 638. The summed E-state index contributed by atoms with van der Waals surface area (Å²) in [5.74, 6) is 1.56. The van der Waals surface area contributed by atoms with Gasteiger partial charge in [-0.05, 0) is 18.2 Å². The first kappa shape index (κ1) is 15.3. The molecule has 6 heteroatoms. The lowest BCUT2D eigenvalue weighted by molar-refractivity contribution is -0.0292. The standard InChI is InChI=1S/C15H18BrClN2O2/c1-20-15(5-7-21-10-15)9-19-13-8-11(16)2-3-12(13)18-14(19)4-6-17/h2-3,8H,4-7,9-10H2,1H3. The number of halogens is 2. The Morgan fingerprint density at radius 2 is 2.38 bits per heavy atom. The van der Waals surface area contributed by atoms with Gasteiger partial charge in [-0.3, -0.25) is 0 Å². The SMILES string of the molecule is COC1(Cn2c(CCCl)nc3ccc(Br)cc32)CCOC1. The summed E-state index contributed by atoms with van der Waals surface area (Å²) in [6.45, 7) is 2.11. The molecular formula is C15H18BrClN2O2. The first-order valence-corrected chi connectivity index (χ1v) is 8.34. The molecule has 1 unspecified atom stereocenters. The van der Waals surface area contributed by atoms with Crippen molar-refractivity contribution in [1.82, 2.24) is 9.55 Å². The van der Waals surface area contributed by atoms with Crippen molar-refractivity contribution >= 4 is 38.6 Å². The lowest BCUT2D eigenvalue weighted by Crippen LogP contribution is -2.37. The Balaban J connectivity index is 2.05. The second-order valence-corrected chi connectivity index (χ2v) is 6.67. The van der Waals surface area contributed by atoms with Gasteiger partial charge in [-0.1, -0.05) is 15.9 Å². The quantitative estimate of drug-likeness (QED) is 0.754. The molecule has 1 atom stereocenters. The Labute approximate surface area is 137 Å². The average molecular weight is 374 g/mol. The maximum absolute atomic E-state index is 5.93. The van der Waals surface area contributed by atoms with Gasteiger partial charge in [0.1, 0.15) is 11.4 Å². The molecule has 21 heavy (non-hydrogen) atoms. The van der Waals surface area contributed by atoms with Crippen LogP contribution in [0.1, 0.15) is 12.2 Å². The highest BCUT2D eigenvalue weighted by molar-refractivity contribution is 9.10. The molecule has 2 aromatic rings. The molecule has 1 fully saturated rings. The van der Waals surface area contributed by atoms with Crippen LogP contribution in [-0.2, 0) is 22.4 Å². The van der Waals surface area contributed by atoms with E-state index in [1.807, 2.05) is 12.1 Å². The van der Waals surface area contributed by atoms with Gasteiger partial charge in [0.15, 0.2) is 0 Å². The summed E-state index contributed by atoms with van der Waals surface area (Å²) in [7, 11) is 1.75. The molecule has 2 heterocycles. The monoisotopic (exact) mass is 372 g/mol. The van der Waals surface area contributed by atoms with E-state index >= 15 is 0 Å². The summed E-state index contributed by atoms with van der Waals surface area (Å²) in [6.07, 6.45) is 1.64. The molecule has 1 saturated heterocycles. The lowest BCUT2D eigenvalue weighted by atomic mass is 10.0. The average Bonchev–Trinajstić information content (AvgIpc) is 3.07. The normalized spacial score (nSPS) is 22.2. The Kier molecular flexibility index (Phi) is 4.54. The van der Waals surface area contributed by atoms with E-state index < -0.39 is 0 Å². The number of alkyl halides is 1. The number of ether oxygens (including phenoxy) is 2. The molecule has 0 spiro atoms. The Morgan fingerprint density at radius 3 is 3.05 bits per heavy atom. The number of aryl methyl sites for hydroxylation is 1. The van der Waals surface area contributed by atoms with E-state index in [0.29, 0.717) is 12.5 Å². The fourth-order valence-corrected chi connectivity index (χ4v) is 3.34. The molecule has 0 bridgehead atoms. The number of benzene rings is 1. The summed E-state index contributed by atoms with van der Waals surface area (Å²) in [6, 6.07) is 6.13. The highest BCUT2D eigenvalue weighted by Crippen LogP contribution is 2.29. The third kappa shape index (κ3) is 2.97. The zero-order chi connectivity index (χ0) is 14.9. The largest absolute Gasteiger partial charge is 0.378 e. The van der Waals surface area contributed by atoms with E-state index in [4.69, 9.17) is 26.1 Å². The maximum Gasteiger partial charge on any atom is 0.111 e. The second-order valence-electron chi connectivity index (χ2n) is 5.38. The third-order valence-corrected chi connectivity index (χ3v) is 4.74. The van der Waals surface area contributed by atoms with Gasteiger partial charge in [-0.25, -0.2) is 4.98 Å². The number of rotatable bonds is 5. The number of hydrogen-bond donors (Lipinski definition) is 0. The predicted molar refractivity (Wildman–Crippen MR) is 87.0 cm³/mol. The highest BCUT2D eigenvalue weighted by atomic mass is 79.9. The van der Waals surface area contributed by atoms with Crippen molar-refractivity contribution in [2.24, 2.45) is 0 Å². The van der Waals surface area contributed by atoms with E-state index in [9.17, 15) is 0 Å². The molecule has 1 aromatic carbocycles. The van der Waals surface area contributed by atoms with E-state index in [0.717, 1.165) is 47.3 Å². The van der Waals surface area contributed by atoms with Gasteiger partial charge in [-0.15, -0.1) is 11.6 Å². The zero-order valence-electron chi connectivity index (χ0n) is 11.9. The summed E-state index contributed by atoms with van der Waals surface area (Å²) >= 11 is 9.47. The maximum atomic E-state index is 5.93. The van der Waals surface area contributed by atoms with Crippen LogP contribution in [0.3, 0.4) is 0 Å². The number of hydrogen-bond acceptors (Lipinski definition) is 3. The van der Waals surface area contributed by atoms with Crippen molar-refractivity contribution in [3.05, 3.63) is 28.5 Å². The van der Waals surface area contributed by atoms with Crippen LogP contribution in [-0.4, -0.2) is 41.4 Å². The van der Waals surface area contributed by atoms with Crippen LogP contribution in [0.5, 0.6) is 0 Å². The number of imidazole rings is 1. The number of fused-ring (bicyclic) bond motifs is 1. The number of aromatic nitrogens is 2. The lowest BCUT2D eigenvalue weighted by Gasteiger charge is -2.27. The zero-order valence-corrected chi connectivity index (χ0v) is 14.3. The van der Waals surface area contributed by atoms with Crippen LogP contribution in [0, 0.1) is 0 Å². The first-order chi connectivity index (χ1) is 10.2. The van der Waals surface area contributed by atoms with E-state index in [2.05, 4.69) is 26.6 Å². The van der Waals surface area contributed by atoms with Gasteiger partial charge < -0.3 is 14.0 Å². The van der Waals surface area contributed by atoms with E-state index in [1.54, 1.807) is 7.11 Å². The van der Waals surface area contributed by atoms with Gasteiger partial charge in [0.05, 0.1) is 24.2 Å². The van der Waals surface area contributed by atoms with Crippen molar-refractivity contribution in [1.29, 1.82) is 0 Å². The summed E-state index contributed by atoms with van der Waals surface area (Å²) in [4.78, 5) is 4.71. The van der Waals surface area contributed by atoms with Crippen LogP contribution >= 0.6 is 27.5 Å². The molecule has 3 rings (SSSR count). The van der Waals surface area contributed by atoms with Crippen molar-refractivity contribution in [2.75, 3.05) is 26.2 Å². The minimum atomic E-state index is -0.267. The molecule has 0 radical (unpaired) electrons. The molecule has 0 N–H and O–H groups in total. The Hall–Kier alpha value is -0.620. The number of methoxy groups -OCH3 is 1. The van der Waals surface area contributed by atoms with Gasteiger partial charge >= 0.3 is 0 Å². The fraction of sp³-hybridized carbons (Fsp3) is 0.533.